The van der Waals surface area contributed by atoms with E-state index in [1.165, 1.54) is 0 Å². The average molecular weight is 426 g/mol. The highest BCUT2D eigenvalue weighted by molar-refractivity contribution is 6.12. The van der Waals surface area contributed by atoms with Crippen LogP contribution in [-0.2, 0) is 6.54 Å². The van der Waals surface area contributed by atoms with E-state index in [-0.39, 0.29) is 18.3 Å². The lowest BCUT2D eigenvalue weighted by Crippen LogP contribution is -2.13. The summed E-state index contributed by atoms with van der Waals surface area (Å²) in [6.45, 7) is 2.11. The lowest BCUT2D eigenvalue weighted by atomic mass is 10.1. The standard InChI is InChI=1S/C20H19N7O2.ClH/c1-10-17-14(8-15(11-2-3-11)23-20(17)29-27-10)19(28)22-13-6-4-12(5-7-13)18-24-16(9-21)25-26-18;/h4-8,11H,2-3,9,21H2,1H3,(H,22,28)(H,24,25,26);1H. The zero-order chi connectivity index (χ0) is 20.0. The molecule has 0 radical (unpaired) electrons. The van der Waals surface area contributed by atoms with Gasteiger partial charge in [0.2, 0.25) is 0 Å². The monoisotopic (exact) mass is 425 g/mol. The Morgan fingerprint density at radius 1 is 1.27 bits per heavy atom. The van der Waals surface area contributed by atoms with E-state index in [0.29, 0.717) is 52.2 Å². The average Bonchev–Trinajstić information content (AvgIpc) is 3.37. The number of H-pyrrole nitrogens is 1. The summed E-state index contributed by atoms with van der Waals surface area (Å²) in [6.07, 6.45) is 2.17. The number of hydrogen-bond acceptors (Lipinski definition) is 7. The van der Waals surface area contributed by atoms with Crippen molar-refractivity contribution < 1.29 is 9.32 Å². The molecule has 1 saturated carbocycles. The molecular weight excluding hydrogens is 406 g/mol. The maximum absolute atomic E-state index is 13.0. The molecule has 10 heteroatoms. The van der Waals surface area contributed by atoms with Crippen molar-refractivity contribution in [3.63, 3.8) is 0 Å². The van der Waals surface area contributed by atoms with Gasteiger partial charge in [-0.25, -0.2) is 9.97 Å². The summed E-state index contributed by atoms with van der Waals surface area (Å²) in [7, 11) is 0. The molecule has 0 spiro atoms. The molecule has 0 bridgehead atoms. The van der Waals surface area contributed by atoms with Crippen molar-refractivity contribution in [1.29, 1.82) is 0 Å². The molecule has 9 nitrogen and oxygen atoms in total. The zero-order valence-corrected chi connectivity index (χ0v) is 17.0. The molecule has 0 saturated heterocycles. The molecule has 4 N–H and O–H groups in total. The molecule has 1 aromatic carbocycles. The lowest BCUT2D eigenvalue weighted by Gasteiger charge is -2.08. The molecule has 3 aromatic heterocycles. The van der Waals surface area contributed by atoms with Gasteiger partial charge in [-0.05, 0) is 50.1 Å². The number of fused-ring (bicyclic) bond motifs is 1. The van der Waals surface area contributed by atoms with Crippen LogP contribution >= 0.6 is 12.4 Å². The summed E-state index contributed by atoms with van der Waals surface area (Å²) in [6, 6.07) is 9.18. The Hall–Kier alpha value is -3.30. The van der Waals surface area contributed by atoms with Gasteiger partial charge in [0.1, 0.15) is 5.82 Å². The maximum Gasteiger partial charge on any atom is 0.259 e. The van der Waals surface area contributed by atoms with Crippen LogP contribution in [0.25, 0.3) is 22.5 Å². The number of rotatable bonds is 5. The Labute approximate surface area is 177 Å². The minimum absolute atomic E-state index is 0. The van der Waals surface area contributed by atoms with Crippen molar-refractivity contribution in [2.75, 3.05) is 5.32 Å². The van der Waals surface area contributed by atoms with Crippen LogP contribution in [-0.4, -0.2) is 31.2 Å². The second-order valence-electron chi connectivity index (χ2n) is 7.16. The highest BCUT2D eigenvalue weighted by Gasteiger charge is 2.28. The SMILES string of the molecule is Cc1noc2nc(C3CC3)cc(C(=O)Nc3ccc(-c4n[nH]c(CN)n4)cc3)c12.Cl. The molecule has 4 aromatic rings. The summed E-state index contributed by atoms with van der Waals surface area (Å²) in [5.74, 6) is 1.36. The number of carbonyl (C=O) groups is 1. The normalized spacial score (nSPS) is 13.3. The Bertz CT molecular complexity index is 1210. The third kappa shape index (κ3) is 3.64. The molecule has 30 heavy (non-hydrogen) atoms. The molecule has 0 unspecified atom stereocenters. The molecule has 1 fully saturated rings. The molecule has 0 aliphatic heterocycles. The largest absolute Gasteiger partial charge is 0.336 e. The van der Waals surface area contributed by atoms with Crippen molar-refractivity contribution in [3.05, 3.63) is 53.1 Å². The van der Waals surface area contributed by atoms with E-state index >= 15 is 0 Å². The lowest BCUT2D eigenvalue weighted by molar-refractivity contribution is 0.102. The van der Waals surface area contributed by atoms with E-state index in [2.05, 4.69) is 30.6 Å². The van der Waals surface area contributed by atoms with Gasteiger partial charge in [-0.1, -0.05) is 5.16 Å². The summed E-state index contributed by atoms with van der Waals surface area (Å²) >= 11 is 0. The van der Waals surface area contributed by atoms with Crippen molar-refractivity contribution in [2.45, 2.75) is 32.2 Å². The Balaban J connectivity index is 0.00000218. The second-order valence-corrected chi connectivity index (χ2v) is 7.16. The van der Waals surface area contributed by atoms with Crippen molar-refractivity contribution in [3.8, 4) is 11.4 Å². The Morgan fingerprint density at radius 2 is 2.03 bits per heavy atom. The van der Waals surface area contributed by atoms with E-state index in [4.69, 9.17) is 10.3 Å². The van der Waals surface area contributed by atoms with Gasteiger partial charge in [-0.2, -0.15) is 5.10 Å². The van der Waals surface area contributed by atoms with Gasteiger partial charge in [-0.3, -0.25) is 9.89 Å². The van der Waals surface area contributed by atoms with Gasteiger partial charge < -0.3 is 15.6 Å². The quantitative estimate of drug-likeness (QED) is 0.446. The van der Waals surface area contributed by atoms with Crippen LogP contribution in [0.2, 0.25) is 0 Å². The van der Waals surface area contributed by atoms with Crippen LogP contribution in [0.15, 0.2) is 34.9 Å². The van der Waals surface area contributed by atoms with Gasteiger partial charge in [0, 0.05) is 22.9 Å². The predicted octanol–water partition coefficient (Wildman–Crippen LogP) is 3.33. The number of aromatic amines is 1. The van der Waals surface area contributed by atoms with E-state index < -0.39 is 0 Å². The van der Waals surface area contributed by atoms with E-state index in [1.807, 2.05) is 37.3 Å². The zero-order valence-electron chi connectivity index (χ0n) is 16.2. The van der Waals surface area contributed by atoms with Gasteiger partial charge in [-0.15, -0.1) is 12.4 Å². The fourth-order valence-corrected chi connectivity index (χ4v) is 3.30. The molecule has 154 valence electrons. The molecule has 0 atom stereocenters. The topological polar surface area (TPSA) is 136 Å². The number of nitrogens with two attached hydrogens (primary N) is 1. The number of pyridine rings is 1. The van der Waals surface area contributed by atoms with Gasteiger partial charge in [0.25, 0.3) is 11.6 Å². The first-order valence-corrected chi connectivity index (χ1v) is 9.42. The fourth-order valence-electron chi connectivity index (χ4n) is 3.30. The summed E-state index contributed by atoms with van der Waals surface area (Å²) in [4.78, 5) is 21.8. The van der Waals surface area contributed by atoms with Crippen LogP contribution in [0.1, 0.15) is 46.3 Å². The number of nitrogens with zero attached hydrogens (tertiary/aromatic N) is 4. The number of nitrogens with one attached hydrogen (secondary N) is 2. The summed E-state index contributed by atoms with van der Waals surface area (Å²) < 4.78 is 5.32. The van der Waals surface area contributed by atoms with Gasteiger partial charge in [0.05, 0.1) is 23.2 Å². The first-order valence-electron chi connectivity index (χ1n) is 9.42. The van der Waals surface area contributed by atoms with Crippen LogP contribution in [0.3, 0.4) is 0 Å². The number of hydrogen-bond donors (Lipinski definition) is 3. The predicted molar refractivity (Wildman–Crippen MR) is 113 cm³/mol. The maximum atomic E-state index is 13.0. The minimum atomic E-state index is -0.221. The smallest absolute Gasteiger partial charge is 0.259 e. The number of benzene rings is 1. The third-order valence-corrected chi connectivity index (χ3v) is 5.00. The first-order chi connectivity index (χ1) is 14.1. The Kier molecular flexibility index (Phi) is 5.23. The molecule has 1 amide bonds. The number of aryl methyl sites for hydroxylation is 1. The van der Waals surface area contributed by atoms with Crippen molar-refractivity contribution in [1.82, 2.24) is 25.3 Å². The molecule has 1 aliphatic carbocycles. The fraction of sp³-hybridized carbons (Fsp3) is 0.250. The molecule has 1 aliphatic rings. The van der Waals surface area contributed by atoms with Crippen LogP contribution in [0.4, 0.5) is 5.69 Å². The molecular formula is C20H20ClN7O2. The number of halogens is 1. The molecule has 3 heterocycles. The highest BCUT2D eigenvalue weighted by atomic mass is 35.5. The highest BCUT2D eigenvalue weighted by Crippen LogP contribution is 2.40. The first kappa shape index (κ1) is 20.0. The van der Waals surface area contributed by atoms with E-state index in [0.717, 1.165) is 24.1 Å². The van der Waals surface area contributed by atoms with Crippen molar-refractivity contribution >= 4 is 35.1 Å². The third-order valence-electron chi connectivity index (χ3n) is 5.00. The van der Waals surface area contributed by atoms with Crippen LogP contribution < -0.4 is 11.1 Å². The number of amides is 1. The van der Waals surface area contributed by atoms with Crippen LogP contribution in [0, 0.1) is 6.92 Å². The Morgan fingerprint density at radius 3 is 2.70 bits per heavy atom. The number of aromatic nitrogens is 5. The summed E-state index contributed by atoms with van der Waals surface area (Å²) in [5, 5.41) is 14.5. The van der Waals surface area contributed by atoms with Crippen LogP contribution in [0.5, 0.6) is 0 Å². The van der Waals surface area contributed by atoms with Crippen molar-refractivity contribution in [2.24, 2.45) is 5.73 Å². The number of anilines is 1. The second kappa shape index (κ2) is 7.85. The van der Waals surface area contributed by atoms with E-state index in [1.54, 1.807) is 0 Å². The van der Waals surface area contributed by atoms with E-state index in [9.17, 15) is 4.79 Å². The summed E-state index contributed by atoms with van der Waals surface area (Å²) in [5.41, 5.74) is 9.52. The number of carbonyl (C=O) groups excluding carboxylic acids is 1. The molecule has 5 rings (SSSR count). The van der Waals surface area contributed by atoms with Gasteiger partial charge >= 0.3 is 0 Å². The van der Waals surface area contributed by atoms with Gasteiger partial charge in [0.15, 0.2) is 5.82 Å². The minimum Gasteiger partial charge on any atom is -0.336 e.